The van der Waals surface area contributed by atoms with Crippen molar-refractivity contribution in [1.29, 1.82) is 0 Å². The summed E-state index contributed by atoms with van der Waals surface area (Å²) in [7, 11) is -0.470. The summed E-state index contributed by atoms with van der Waals surface area (Å²) in [4.78, 5) is 22.4. The lowest BCUT2D eigenvalue weighted by atomic mass is 10.3. The summed E-state index contributed by atoms with van der Waals surface area (Å²) in [5, 5.41) is 5.21. The number of amides is 2. The summed E-state index contributed by atoms with van der Waals surface area (Å²) in [6.07, 6.45) is 3.31. The molecule has 1 fully saturated rings. The number of hydrogen-bond acceptors (Lipinski definition) is 8. The zero-order valence-electron chi connectivity index (χ0n) is 17.4. The van der Waals surface area contributed by atoms with Crippen LogP contribution in [0.3, 0.4) is 0 Å². The molecule has 2 heterocycles. The van der Waals surface area contributed by atoms with E-state index in [4.69, 9.17) is 9.47 Å². The number of urea groups is 1. The van der Waals surface area contributed by atoms with Crippen molar-refractivity contribution in [3.8, 4) is 11.5 Å². The summed E-state index contributed by atoms with van der Waals surface area (Å²) in [6.45, 7) is 1.70. The number of rotatable bonds is 8. The number of ether oxygens (including phenoxy) is 2. The quantitative estimate of drug-likeness (QED) is 0.604. The van der Waals surface area contributed by atoms with E-state index in [1.165, 1.54) is 18.5 Å². The van der Waals surface area contributed by atoms with E-state index in [2.05, 4.69) is 20.6 Å². The van der Waals surface area contributed by atoms with Gasteiger partial charge in [-0.3, -0.25) is 0 Å². The maximum atomic E-state index is 12.6. The highest BCUT2D eigenvalue weighted by Gasteiger charge is 2.27. The van der Waals surface area contributed by atoms with Gasteiger partial charge in [0.1, 0.15) is 0 Å². The van der Waals surface area contributed by atoms with Crippen LogP contribution in [-0.2, 0) is 10.0 Å². The highest BCUT2D eigenvalue weighted by molar-refractivity contribution is 7.89. The van der Waals surface area contributed by atoms with Gasteiger partial charge >= 0.3 is 6.03 Å². The summed E-state index contributed by atoms with van der Waals surface area (Å²) in [5.74, 6) is 1.42. The van der Waals surface area contributed by atoms with Gasteiger partial charge in [0, 0.05) is 56.9 Å². The van der Waals surface area contributed by atoms with Crippen molar-refractivity contribution < 1.29 is 22.7 Å². The van der Waals surface area contributed by atoms with E-state index in [9.17, 15) is 13.2 Å². The Labute approximate surface area is 181 Å². The van der Waals surface area contributed by atoms with Crippen LogP contribution < -0.4 is 25.0 Å². The Bertz CT molecular complexity index is 981. The Morgan fingerprint density at radius 1 is 1.06 bits per heavy atom. The van der Waals surface area contributed by atoms with Crippen LogP contribution >= 0.6 is 0 Å². The maximum Gasteiger partial charge on any atom is 0.319 e. The molecule has 2 aromatic rings. The predicted octanol–water partition coefficient (Wildman–Crippen LogP) is 0.767. The number of carbonyl (C=O) groups excluding carboxylic acids is 1. The standard InChI is InChI=1S/C19H26N6O5S/c1-29-16-5-4-15(14-17(16)30-2)23-19(26)22-8-13-31(27,28)25-11-9-24(10-12-25)18-20-6-3-7-21-18/h3-7,14H,8-13H2,1-2H3,(H2,22,23,26). The molecule has 3 rings (SSSR count). The number of aromatic nitrogens is 2. The van der Waals surface area contributed by atoms with Gasteiger partial charge in [-0.25, -0.2) is 23.2 Å². The van der Waals surface area contributed by atoms with Gasteiger partial charge in [-0.1, -0.05) is 0 Å². The lowest BCUT2D eigenvalue weighted by molar-refractivity contribution is 0.252. The molecule has 168 valence electrons. The second-order valence-corrected chi connectivity index (χ2v) is 8.79. The molecular weight excluding hydrogens is 424 g/mol. The lowest BCUT2D eigenvalue weighted by Crippen LogP contribution is -2.50. The molecule has 31 heavy (non-hydrogen) atoms. The number of hydrogen-bond donors (Lipinski definition) is 2. The van der Waals surface area contributed by atoms with Crippen molar-refractivity contribution in [1.82, 2.24) is 19.6 Å². The molecule has 1 aromatic heterocycles. The van der Waals surface area contributed by atoms with Crippen molar-refractivity contribution in [3.63, 3.8) is 0 Å². The summed E-state index contributed by atoms with van der Waals surface area (Å²) >= 11 is 0. The fraction of sp³-hybridized carbons (Fsp3) is 0.421. The average molecular weight is 451 g/mol. The number of anilines is 2. The van der Waals surface area contributed by atoms with Gasteiger partial charge in [-0.2, -0.15) is 4.31 Å². The highest BCUT2D eigenvalue weighted by atomic mass is 32.2. The number of carbonyl (C=O) groups is 1. The fourth-order valence-electron chi connectivity index (χ4n) is 3.13. The van der Waals surface area contributed by atoms with Gasteiger partial charge in [-0.05, 0) is 18.2 Å². The lowest BCUT2D eigenvalue weighted by Gasteiger charge is -2.33. The third-order valence-electron chi connectivity index (χ3n) is 4.75. The molecule has 11 nitrogen and oxygen atoms in total. The van der Waals surface area contributed by atoms with Gasteiger partial charge in [0.25, 0.3) is 0 Å². The minimum atomic E-state index is -3.49. The van der Waals surface area contributed by atoms with Gasteiger partial charge < -0.3 is 25.0 Å². The van der Waals surface area contributed by atoms with Crippen LogP contribution in [0, 0.1) is 0 Å². The molecule has 0 aliphatic carbocycles. The summed E-state index contributed by atoms with van der Waals surface area (Å²) < 4.78 is 37.0. The predicted molar refractivity (Wildman–Crippen MR) is 116 cm³/mol. The van der Waals surface area contributed by atoms with Crippen LogP contribution in [0.15, 0.2) is 36.7 Å². The molecule has 0 saturated carbocycles. The third kappa shape index (κ3) is 5.95. The SMILES string of the molecule is COc1ccc(NC(=O)NCCS(=O)(=O)N2CCN(c3ncccn3)CC2)cc1OC. The van der Waals surface area contributed by atoms with Crippen LogP contribution in [0.4, 0.5) is 16.4 Å². The molecule has 1 aromatic carbocycles. The maximum absolute atomic E-state index is 12.6. The van der Waals surface area contributed by atoms with E-state index >= 15 is 0 Å². The van der Waals surface area contributed by atoms with Gasteiger partial charge in [0.05, 0.1) is 20.0 Å². The van der Waals surface area contributed by atoms with Crippen molar-refractivity contribution >= 4 is 27.7 Å². The zero-order chi connectivity index (χ0) is 22.3. The minimum Gasteiger partial charge on any atom is -0.493 e. The fourth-order valence-corrected chi connectivity index (χ4v) is 4.47. The first-order chi connectivity index (χ1) is 14.9. The molecular formula is C19H26N6O5S. The second-order valence-electron chi connectivity index (χ2n) is 6.70. The van der Waals surface area contributed by atoms with Crippen LogP contribution in [0.2, 0.25) is 0 Å². The number of sulfonamides is 1. The number of benzene rings is 1. The molecule has 1 saturated heterocycles. The van der Waals surface area contributed by atoms with Crippen LogP contribution in [-0.4, -0.2) is 81.4 Å². The molecule has 0 unspecified atom stereocenters. The first-order valence-electron chi connectivity index (χ1n) is 9.69. The van der Waals surface area contributed by atoms with Gasteiger partial charge in [0.15, 0.2) is 11.5 Å². The van der Waals surface area contributed by atoms with E-state index in [-0.39, 0.29) is 12.3 Å². The van der Waals surface area contributed by atoms with Crippen LogP contribution in [0.5, 0.6) is 11.5 Å². The Kier molecular flexibility index (Phi) is 7.47. The van der Waals surface area contributed by atoms with Crippen molar-refractivity contribution in [2.45, 2.75) is 0 Å². The number of nitrogens with zero attached hydrogens (tertiary/aromatic N) is 4. The van der Waals surface area contributed by atoms with E-state index < -0.39 is 16.1 Å². The van der Waals surface area contributed by atoms with Crippen LogP contribution in [0.25, 0.3) is 0 Å². The Hall–Kier alpha value is -3.12. The largest absolute Gasteiger partial charge is 0.493 e. The number of piperazine rings is 1. The number of nitrogens with one attached hydrogen (secondary N) is 2. The molecule has 0 bridgehead atoms. The van der Waals surface area contributed by atoms with E-state index in [1.807, 2.05) is 4.90 Å². The highest BCUT2D eigenvalue weighted by Crippen LogP contribution is 2.29. The van der Waals surface area contributed by atoms with Gasteiger partial charge in [-0.15, -0.1) is 0 Å². The average Bonchev–Trinajstić information content (AvgIpc) is 2.79. The number of methoxy groups -OCH3 is 2. The Morgan fingerprint density at radius 3 is 2.39 bits per heavy atom. The second kappa shape index (κ2) is 10.3. The molecule has 2 N–H and O–H groups in total. The Morgan fingerprint density at radius 2 is 1.74 bits per heavy atom. The van der Waals surface area contributed by atoms with Crippen molar-refractivity contribution in [2.24, 2.45) is 0 Å². The monoisotopic (exact) mass is 450 g/mol. The van der Waals surface area contributed by atoms with Crippen molar-refractivity contribution in [3.05, 3.63) is 36.7 Å². The molecule has 2 amide bonds. The third-order valence-corrected chi connectivity index (χ3v) is 6.63. The molecule has 1 aliphatic heterocycles. The van der Waals surface area contributed by atoms with E-state index in [0.29, 0.717) is 49.3 Å². The van der Waals surface area contributed by atoms with E-state index in [0.717, 1.165) is 0 Å². The summed E-state index contributed by atoms with van der Waals surface area (Å²) in [5.41, 5.74) is 0.497. The molecule has 12 heteroatoms. The van der Waals surface area contributed by atoms with E-state index in [1.54, 1.807) is 36.7 Å². The summed E-state index contributed by atoms with van der Waals surface area (Å²) in [6, 6.07) is 6.17. The zero-order valence-corrected chi connectivity index (χ0v) is 18.3. The minimum absolute atomic E-state index is 0.0104. The first-order valence-corrected chi connectivity index (χ1v) is 11.3. The topological polar surface area (TPSA) is 126 Å². The van der Waals surface area contributed by atoms with Gasteiger partial charge in [0.2, 0.25) is 16.0 Å². The first kappa shape index (κ1) is 22.6. The van der Waals surface area contributed by atoms with Crippen molar-refractivity contribution in [2.75, 3.05) is 62.9 Å². The molecule has 0 radical (unpaired) electrons. The smallest absolute Gasteiger partial charge is 0.319 e. The molecule has 1 aliphatic rings. The normalized spacial score (nSPS) is 14.7. The molecule has 0 spiro atoms. The molecule has 0 atom stereocenters. The Balaban J connectivity index is 1.45. The van der Waals surface area contributed by atoms with Crippen LogP contribution in [0.1, 0.15) is 0 Å².